The summed E-state index contributed by atoms with van der Waals surface area (Å²) in [6, 6.07) is 3.37. The van der Waals surface area contributed by atoms with Crippen molar-refractivity contribution < 1.29 is 17.9 Å². The molecule has 28 heavy (non-hydrogen) atoms. The summed E-state index contributed by atoms with van der Waals surface area (Å²) in [6.45, 7) is 6.00. The van der Waals surface area contributed by atoms with Crippen LogP contribution in [0.2, 0.25) is 0 Å². The topological polar surface area (TPSA) is 95.1 Å². The molecule has 0 unspecified atom stereocenters. The Bertz CT molecular complexity index is 778. The number of urea groups is 1. The number of nitrogens with one attached hydrogen (secondary N) is 1. The molecule has 0 aliphatic carbocycles. The van der Waals surface area contributed by atoms with Crippen LogP contribution in [0.5, 0.6) is 0 Å². The maximum absolute atomic E-state index is 12.7. The van der Waals surface area contributed by atoms with E-state index in [-0.39, 0.29) is 17.0 Å². The number of sulfonamides is 1. The van der Waals surface area contributed by atoms with Crippen molar-refractivity contribution in [2.45, 2.75) is 36.7 Å². The predicted molar refractivity (Wildman–Crippen MR) is 106 cm³/mol. The molecule has 1 N–H and O–H groups in total. The molecule has 0 aromatic carbocycles. The van der Waals surface area contributed by atoms with Crippen molar-refractivity contribution in [3.63, 3.8) is 0 Å². The molecule has 0 bridgehead atoms. The van der Waals surface area contributed by atoms with Crippen LogP contribution in [0, 0.1) is 0 Å². The number of anilines is 1. The molecule has 0 radical (unpaired) electrons. The van der Waals surface area contributed by atoms with E-state index in [1.54, 1.807) is 0 Å². The molecule has 2 saturated heterocycles. The van der Waals surface area contributed by atoms with E-state index < -0.39 is 10.0 Å². The normalized spacial score (nSPS) is 22.4. The quantitative estimate of drug-likeness (QED) is 0.796. The van der Waals surface area contributed by atoms with E-state index in [2.05, 4.69) is 15.2 Å². The average molecular weight is 412 g/mol. The van der Waals surface area contributed by atoms with Gasteiger partial charge in [0.25, 0.3) is 0 Å². The van der Waals surface area contributed by atoms with Gasteiger partial charge in [0.05, 0.1) is 0 Å². The number of aromatic nitrogens is 1. The first-order valence-electron chi connectivity index (χ1n) is 9.57. The molecule has 2 amide bonds. The Kier molecular flexibility index (Phi) is 6.54. The van der Waals surface area contributed by atoms with E-state index >= 15 is 0 Å². The fourth-order valence-electron chi connectivity index (χ4n) is 3.67. The van der Waals surface area contributed by atoms with E-state index in [4.69, 9.17) is 4.74 Å². The third-order valence-electron chi connectivity index (χ3n) is 5.38. The molecular formula is C18H29N5O4S. The zero-order valence-corrected chi connectivity index (χ0v) is 17.5. The molecule has 1 aromatic rings. The van der Waals surface area contributed by atoms with Crippen LogP contribution in [0.25, 0.3) is 0 Å². The smallest absolute Gasteiger partial charge is 0.323 e. The first-order valence-corrected chi connectivity index (χ1v) is 11.0. The molecule has 2 fully saturated rings. The summed E-state index contributed by atoms with van der Waals surface area (Å²) in [6.07, 6.45) is 3.35. The lowest BCUT2D eigenvalue weighted by Gasteiger charge is -2.44. The lowest BCUT2D eigenvalue weighted by molar-refractivity contribution is 0.00816. The lowest BCUT2D eigenvalue weighted by Crippen LogP contribution is -2.58. The Morgan fingerprint density at radius 2 is 1.96 bits per heavy atom. The predicted octanol–water partition coefficient (Wildman–Crippen LogP) is 1.05. The number of carbonyl (C=O) groups is 1. The van der Waals surface area contributed by atoms with Gasteiger partial charge in [-0.2, -0.15) is 0 Å². The van der Waals surface area contributed by atoms with Gasteiger partial charge < -0.3 is 9.64 Å². The number of nitrogens with zero attached hydrogens (tertiary/aromatic N) is 4. The summed E-state index contributed by atoms with van der Waals surface area (Å²) in [4.78, 5) is 21.1. The summed E-state index contributed by atoms with van der Waals surface area (Å²) in [7, 11) is -0.606. The van der Waals surface area contributed by atoms with Crippen molar-refractivity contribution in [1.29, 1.82) is 0 Å². The van der Waals surface area contributed by atoms with Crippen LogP contribution >= 0.6 is 0 Å². The molecule has 2 aliphatic rings. The molecule has 9 nitrogen and oxygen atoms in total. The fraction of sp³-hybridized carbons (Fsp3) is 0.667. The Labute approximate surface area is 166 Å². The van der Waals surface area contributed by atoms with E-state index in [1.165, 1.54) is 32.4 Å². The molecule has 3 heterocycles. The number of hydrogen-bond acceptors (Lipinski definition) is 6. The first kappa shape index (κ1) is 21.0. The van der Waals surface area contributed by atoms with Gasteiger partial charge in [0.1, 0.15) is 10.7 Å². The summed E-state index contributed by atoms with van der Waals surface area (Å²) < 4.78 is 30.8. The van der Waals surface area contributed by atoms with E-state index in [0.717, 1.165) is 43.5 Å². The van der Waals surface area contributed by atoms with Crippen LogP contribution in [0.4, 0.5) is 10.6 Å². The Hall–Kier alpha value is -1.75. The van der Waals surface area contributed by atoms with Crippen molar-refractivity contribution in [2.75, 3.05) is 52.3 Å². The van der Waals surface area contributed by atoms with Gasteiger partial charge >= 0.3 is 6.03 Å². The van der Waals surface area contributed by atoms with Crippen LogP contribution in [-0.2, 0) is 14.8 Å². The zero-order valence-electron chi connectivity index (χ0n) is 16.7. The maximum atomic E-state index is 12.7. The number of pyridine rings is 1. The highest BCUT2D eigenvalue weighted by atomic mass is 32.2. The maximum Gasteiger partial charge on any atom is 0.323 e. The minimum Gasteiger partial charge on any atom is -0.381 e. The molecule has 10 heteroatoms. The fourth-order valence-corrected chi connectivity index (χ4v) is 4.52. The van der Waals surface area contributed by atoms with Crippen molar-refractivity contribution in [1.82, 2.24) is 19.1 Å². The van der Waals surface area contributed by atoms with Gasteiger partial charge in [0.2, 0.25) is 10.0 Å². The van der Waals surface area contributed by atoms with Crippen LogP contribution < -0.4 is 5.32 Å². The number of hydrogen-bond donors (Lipinski definition) is 1. The van der Waals surface area contributed by atoms with Crippen molar-refractivity contribution >= 4 is 21.9 Å². The molecular weight excluding hydrogens is 382 g/mol. The standard InChI is InChI=1S/C18H29N5O4S/c1-14-13-22(15-6-10-27-11-7-15)8-9-23(14)18(24)20-17-5-4-16(12-19-17)28(25,26)21(2)3/h4-5,12,14-15H,6-11,13H2,1-3H3,(H,19,20,24)/t14-/m1/s1. The second-order valence-electron chi connectivity index (χ2n) is 7.48. The van der Waals surface area contributed by atoms with E-state index in [9.17, 15) is 13.2 Å². The minimum absolute atomic E-state index is 0.0880. The van der Waals surface area contributed by atoms with Gasteiger partial charge in [-0.3, -0.25) is 10.2 Å². The molecule has 2 aliphatic heterocycles. The Balaban J connectivity index is 1.57. The second kappa shape index (κ2) is 8.73. The lowest BCUT2D eigenvalue weighted by atomic mass is 10.0. The van der Waals surface area contributed by atoms with Crippen LogP contribution in [0.3, 0.4) is 0 Å². The summed E-state index contributed by atoms with van der Waals surface area (Å²) in [5, 5.41) is 2.77. The van der Waals surface area contributed by atoms with Crippen molar-refractivity contribution in [3.05, 3.63) is 18.3 Å². The van der Waals surface area contributed by atoms with Gasteiger partial charge in [0, 0.05) is 65.2 Å². The number of piperazine rings is 1. The molecule has 1 atom stereocenters. The zero-order chi connectivity index (χ0) is 20.3. The Morgan fingerprint density at radius 3 is 2.54 bits per heavy atom. The van der Waals surface area contributed by atoms with Gasteiger partial charge in [-0.25, -0.2) is 22.5 Å². The number of ether oxygens (including phenoxy) is 1. The summed E-state index contributed by atoms with van der Waals surface area (Å²) in [5.74, 6) is 0.335. The third kappa shape index (κ3) is 4.62. The van der Waals surface area contributed by atoms with Crippen molar-refractivity contribution in [3.8, 4) is 0 Å². The van der Waals surface area contributed by atoms with Gasteiger partial charge in [-0.05, 0) is 31.9 Å². The number of amides is 2. The van der Waals surface area contributed by atoms with Crippen LogP contribution in [-0.4, -0.2) is 92.6 Å². The number of carbonyl (C=O) groups excluding carboxylic acids is 1. The molecule has 1 aromatic heterocycles. The Morgan fingerprint density at radius 1 is 1.25 bits per heavy atom. The van der Waals surface area contributed by atoms with Gasteiger partial charge in [-0.1, -0.05) is 0 Å². The highest BCUT2D eigenvalue weighted by Crippen LogP contribution is 2.20. The molecule has 156 valence electrons. The van der Waals surface area contributed by atoms with Crippen molar-refractivity contribution in [2.24, 2.45) is 0 Å². The third-order valence-corrected chi connectivity index (χ3v) is 7.18. The highest BCUT2D eigenvalue weighted by molar-refractivity contribution is 7.89. The molecule has 0 saturated carbocycles. The number of rotatable bonds is 4. The van der Waals surface area contributed by atoms with Gasteiger partial charge in [-0.15, -0.1) is 0 Å². The second-order valence-corrected chi connectivity index (χ2v) is 9.63. The van der Waals surface area contributed by atoms with Gasteiger partial charge in [0.15, 0.2) is 0 Å². The van der Waals surface area contributed by atoms with Crippen LogP contribution in [0.1, 0.15) is 19.8 Å². The highest BCUT2D eigenvalue weighted by Gasteiger charge is 2.31. The first-order chi connectivity index (χ1) is 13.3. The average Bonchev–Trinajstić information content (AvgIpc) is 2.68. The van der Waals surface area contributed by atoms with E-state index in [0.29, 0.717) is 18.4 Å². The summed E-state index contributed by atoms with van der Waals surface area (Å²) >= 11 is 0. The molecule has 0 spiro atoms. The largest absolute Gasteiger partial charge is 0.381 e. The SMILES string of the molecule is C[C@@H]1CN(C2CCOCC2)CCN1C(=O)Nc1ccc(S(=O)(=O)N(C)C)cn1. The molecule has 3 rings (SSSR count). The monoisotopic (exact) mass is 411 g/mol. The summed E-state index contributed by atoms with van der Waals surface area (Å²) in [5.41, 5.74) is 0. The minimum atomic E-state index is -3.54. The van der Waals surface area contributed by atoms with E-state index in [1.807, 2.05) is 11.8 Å². The van der Waals surface area contributed by atoms with Crippen LogP contribution in [0.15, 0.2) is 23.2 Å².